The summed E-state index contributed by atoms with van der Waals surface area (Å²) in [6, 6.07) is 9.15. The van der Waals surface area contributed by atoms with Gasteiger partial charge in [-0.3, -0.25) is 4.79 Å². The van der Waals surface area contributed by atoms with Crippen molar-refractivity contribution >= 4 is 23.2 Å². The quantitative estimate of drug-likeness (QED) is 0.383. The summed E-state index contributed by atoms with van der Waals surface area (Å²) in [6.45, 7) is 2.04. The highest BCUT2D eigenvalue weighted by molar-refractivity contribution is 6.12. The Balaban J connectivity index is 2.49. The molecule has 2 aromatic carbocycles. The lowest BCUT2D eigenvalue weighted by Crippen LogP contribution is -2.11. The van der Waals surface area contributed by atoms with Crippen molar-refractivity contribution in [3.05, 3.63) is 47.0 Å². The minimum Gasteiger partial charge on any atom is -0.493 e. The van der Waals surface area contributed by atoms with E-state index in [0.29, 0.717) is 40.5 Å². The van der Waals surface area contributed by atoms with Crippen molar-refractivity contribution in [3.63, 3.8) is 0 Å². The van der Waals surface area contributed by atoms with Gasteiger partial charge in [-0.25, -0.2) is 0 Å². The molecule has 0 aliphatic rings. The van der Waals surface area contributed by atoms with Crippen molar-refractivity contribution in [3.8, 4) is 17.2 Å². The molecule has 0 unspecified atom stereocenters. The summed E-state index contributed by atoms with van der Waals surface area (Å²) in [5.41, 5.74) is 9.83. The summed E-state index contributed by atoms with van der Waals surface area (Å²) >= 11 is 0. The van der Waals surface area contributed by atoms with Gasteiger partial charge in [-0.2, -0.15) is 0 Å². The molecule has 2 N–H and O–H groups in total. The van der Waals surface area contributed by atoms with E-state index >= 15 is 0 Å². The Morgan fingerprint density at radius 2 is 1.66 bits per heavy atom. The fourth-order valence-electron chi connectivity index (χ4n) is 3.19. The first-order chi connectivity index (χ1) is 13.9. The summed E-state index contributed by atoms with van der Waals surface area (Å²) in [5.74, 6) is 1.28. The molecule has 6 nitrogen and oxygen atoms in total. The largest absolute Gasteiger partial charge is 0.493 e. The van der Waals surface area contributed by atoms with E-state index < -0.39 is 0 Å². The van der Waals surface area contributed by atoms with Crippen LogP contribution in [0.2, 0.25) is 0 Å². The normalized spacial score (nSPS) is 11.2. The fourth-order valence-corrected chi connectivity index (χ4v) is 3.19. The third-order valence-electron chi connectivity index (χ3n) is 4.61. The van der Waals surface area contributed by atoms with Crippen molar-refractivity contribution in [1.29, 1.82) is 0 Å². The molecule has 0 bridgehead atoms. The van der Waals surface area contributed by atoms with Crippen molar-refractivity contribution in [1.82, 2.24) is 0 Å². The number of carbonyl (C=O) groups excluding carboxylic acids is 1. The number of hydrogen-bond donors (Lipinski definition) is 1. The Morgan fingerprint density at radius 3 is 2.10 bits per heavy atom. The number of carbonyl (C=O) groups is 1. The summed E-state index contributed by atoms with van der Waals surface area (Å²) in [4.78, 5) is 15.2. The van der Waals surface area contributed by atoms with E-state index in [-0.39, 0.29) is 5.78 Å². The van der Waals surface area contributed by atoms with Crippen molar-refractivity contribution in [2.24, 2.45) is 0 Å². The molecule has 0 heterocycles. The van der Waals surface area contributed by atoms with Gasteiger partial charge in [0.1, 0.15) is 0 Å². The standard InChI is InChI=1S/C23H30N2O4/c1-7-8-16(11-15-9-10-19(25(2)3)18(24)12-15)22(26)17-13-20(27-4)23(29-6)21(14-17)28-5/h9-14H,7-8,24H2,1-6H3. The maximum Gasteiger partial charge on any atom is 0.203 e. The van der Waals surface area contributed by atoms with Crippen molar-refractivity contribution in [2.75, 3.05) is 46.1 Å². The van der Waals surface area contributed by atoms with E-state index in [1.165, 1.54) is 21.3 Å². The Morgan fingerprint density at radius 1 is 1.03 bits per heavy atom. The summed E-state index contributed by atoms with van der Waals surface area (Å²) < 4.78 is 16.1. The number of nitrogens with two attached hydrogens (primary N) is 1. The van der Waals surface area contributed by atoms with E-state index in [4.69, 9.17) is 19.9 Å². The molecule has 0 atom stereocenters. The number of benzene rings is 2. The second kappa shape index (κ2) is 9.87. The first-order valence-corrected chi connectivity index (χ1v) is 9.48. The highest BCUT2D eigenvalue weighted by Crippen LogP contribution is 2.39. The number of nitrogen functional groups attached to an aromatic ring is 1. The molecule has 0 aliphatic heterocycles. The smallest absolute Gasteiger partial charge is 0.203 e. The number of Topliss-reactive ketones (excluding diaryl/α,β-unsaturated/α-hetero) is 1. The number of anilines is 2. The highest BCUT2D eigenvalue weighted by atomic mass is 16.5. The van der Waals surface area contributed by atoms with Gasteiger partial charge in [0.05, 0.1) is 32.7 Å². The lowest BCUT2D eigenvalue weighted by Gasteiger charge is -2.16. The molecular formula is C23H30N2O4. The molecule has 6 heteroatoms. The number of hydrogen-bond acceptors (Lipinski definition) is 6. The molecule has 2 rings (SSSR count). The molecule has 0 spiro atoms. The van der Waals surface area contributed by atoms with E-state index in [0.717, 1.165) is 17.7 Å². The van der Waals surface area contributed by atoms with Gasteiger partial charge in [0.2, 0.25) is 5.75 Å². The Labute approximate surface area is 172 Å². The Bertz CT molecular complexity index is 879. The number of rotatable bonds is 9. The van der Waals surface area contributed by atoms with Crippen LogP contribution in [0.4, 0.5) is 11.4 Å². The van der Waals surface area contributed by atoms with Gasteiger partial charge in [-0.1, -0.05) is 19.4 Å². The minimum atomic E-state index is -0.0821. The first-order valence-electron chi connectivity index (χ1n) is 9.48. The zero-order valence-electron chi connectivity index (χ0n) is 18.0. The number of allylic oxidation sites excluding steroid dienone is 1. The molecule has 0 aromatic heterocycles. The van der Waals surface area contributed by atoms with Crippen molar-refractivity contribution < 1.29 is 19.0 Å². The van der Waals surface area contributed by atoms with E-state index in [1.54, 1.807) is 12.1 Å². The molecule has 0 fully saturated rings. The predicted molar refractivity (Wildman–Crippen MR) is 118 cm³/mol. The van der Waals surface area contributed by atoms with Crippen LogP contribution < -0.4 is 24.8 Å². The average molecular weight is 399 g/mol. The summed E-state index contributed by atoms with van der Waals surface area (Å²) in [6.07, 6.45) is 3.38. The third-order valence-corrected chi connectivity index (χ3v) is 4.61. The Kier molecular flexibility index (Phi) is 7.53. The maximum absolute atomic E-state index is 13.3. The molecule has 29 heavy (non-hydrogen) atoms. The highest BCUT2D eigenvalue weighted by Gasteiger charge is 2.19. The van der Waals surface area contributed by atoms with Crippen LogP contribution in [-0.4, -0.2) is 41.2 Å². The van der Waals surface area contributed by atoms with Crippen LogP contribution in [0, 0.1) is 0 Å². The minimum absolute atomic E-state index is 0.0821. The SMILES string of the molecule is CCCC(=Cc1ccc(N(C)C)c(N)c1)C(=O)c1cc(OC)c(OC)c(OC)c1. The topological polar surface area (TPSA) is 74.0 Å². The van der Waals surface area contributed by atoms with E-state index in [1.807, 2.05) is 50.2 Å². The average Bonchev–Trinajstić information content (AvgIpc) is 2.71. The zero-order valence-corrected chi connectivity index (χ0v) is 18.0. The van der Waals surface area contributed by atoms with Gasteiger partial charge >= 0.3 is 0 Å². The molecule has 0 saturated carbocycles. The van der Waals surface area contributed by atoms with Crippen LogP contribution in [0.5, 0.6) is 17.2 Å². The molecule has 2 aromatic rings. The van der Waals surface area contributed by atoms with Crippen LogP contribution in [0.1, 0.15) is 35.7 Å². The molecular weight excluding hydrogens is 368 g/mol. The molecule has 156 valence electrons. The van der Waals surface area contributed by atoms with Gasteiger partial charge in [0.25, 0.3) is 0 Å². The predicted octanol–water partition coefficient (Wildman–Crippen LogP) is 4.43. The molecule has 0 amide bonds. The van der Waals surface area contributed by atoms with E-state index in [9.17, 15) is 4.79 Å². The van der Waals surface area contributed by atoms with Gasteiger partial charge in [-0.05, 0) is 42.3 Å². The van der Waals surface area contributed by atoms with Crippen LogP contribution in [-0.2, 0) is 0 Å². The lowest BCUT2D eigenvalue weighted by atomic mass is 9.96. The second-order valence-corrected chi connectivity index (χ2v) is 6.88. The van der Waals surface area contributed by atoms with Crippen molar-refractivity contribution in [2.45, 2.75) is 19.8 Å². The summed E-state index contributed by atoms with van der Waals surface area (Å²) in [5, 5.41) is 0. The van der Waals surface area contributed by atoms with Crippen LogP contribution in [0.3, 0.4) is 0 Å². The lowest BCUT2D eigenvalue weighted by molar-refractivity contribution is 0.103. The first kappa shape index (κ1) is 22.1. The maximum atomic E-state index is 13.3. The zero-order chi connectivity index (χ0) is 21.6. The van der Waals surface area contributed by atoms with Gasteiger partial charge in [0.15, 0.2) is 17.3 Å². The number of nitrogens with zero attached hydrogens (tertiary/aromatic N) is 1. The number of ether oxygens (including phenoxy) is 3. The van der Waals surface area contributed by atoms with Gasteiger partial charge < -0.3 is 24.8 Å². The second-order valence-electron chi connectivity index (χ2n) is 6.88. The number of ketones is 1. The van der Waals surface area contributed by atoms with Crippen LogP contribution in [0.15, 0.2) is 35.9 Å². The monoisotopic (exact) mass is 398 g/mol. The fraction of sp³-hybridized carbons (Fsp3) is 0.348. The van der Waals surface area contributed by atoms with Gasteiger partial charge in [-0.15, -0.1) is 0 Å². The Hall–Kier alpha value is -3.15. The summed E-state index contributed by atoms with van der Waals surface area (Å²) in [7, 11) is 8.48. The van der Waals surface area contributed by atoms with Gasteiger partial charge in [0, 0.05) is 25.2 Å². The van der Waals surface area contributed by atoms with Crippen LogP contribution in [0.25, 0.3) is 6.08 Å². The van der Waals surface area contributed by atoms with E-state index in [2.05, 4.69) is 0 Å². The molecule has 0 radical (unpaired) electrons. The van der Waals surface area contributed by atoms with Crippen LogP contribution >= 0.6 is 0 Å². The third kappa shape index (κ3) is 5.02. The number of methoxy groups -OCH3 is 3. The molecule has 0 saturated heterocycles. The molecule has 0 aliphatic carbocycles.